The first-order valence-electron chi connectivity index (χ1n) is 3.38. The molecule has 0 fully saturated rings. The Morgan fingerprint density at radius 3 is 2.92 bits per heavy atom. The summed E-state index contributed by atoms with van der Waals surface area (Å²) in [6.45, 7) is 0.157. The Kier molecular flexibility index (Phi) is 3.45. The number of sulfonamides is 1. The van der Waals surface area contributed by atoms with E-state index in [-0.39, 0.29) is 10.8 Å². The minimum absolute atomic E-state index is 0.157. The fourth-order valence-corrected chi connectivity index (χ4v) is 2.52. The third kappa shape index (κ3) is 2.82. The van der Waals surface area contributed by atoms with Crippen molar-refractivity contribution in [3.05, 3.63) is 17.5 Å². The topological polar surface area (TPSA) is 58.2 Å². The van der Waals surface area contributed by atoms with E-state index >= 15 is 0 Å². The van der Waals surface area contributed by atoms with Crippen LogP contribution in [0.1, 0.15) is 0 Å². The van der Waals surface area contributed by atoms with E-state index in [1.807, 2.05) is 0 Å². The normalized spacial score (nSPS) is 11.0. The van der Waals surface area contributed by atoms with Crippen molar-refractivity contribution < 1.29 is 8.42 Å². The summed E-state index contributed by atoms with van der Waals surface area (Å²) in [5.74, 6) is 2.25. The molecule has 6 heteroatoms. The average molecular weight is 216 g/mol. The van der Waals surface area contributed by atoms with Crippen LogP contribution in [0.5, 0.6) is 0 Å². The Labute approximate surface area is 81.0 Å². The molecule has 70 valence electrons. The molecular formula is C7H8N2O2S2. The molecule has 1 rings (SSSR count). The Morgan fingerprint density at radius 2 is 2.38 bits per heavy atom. The highest BCUT2D eigenvalue weighted by atomic mass is 32.2. The third-order valence-corrected chi connectivity index (χ3v) is 3.84. The van der Waals surface area contributed by atoms with Gasteiger partial charge in [0.1, 0.15) is 4.21 Å². The van der Waals surface area contributed by atoms with Crippen LogP contribution in [0, 0.1) is 12.3 Å². The van der Waals surface area contributed by atoms with Crippen LogP contribution in [0.4, 0.5) is 0 Å². The van der Waals surface area contributed by atoms with Crippen molar-refractivity contribution in [3.8, 4) is 12.3 Å². The van der Waals surface area contributed by atoms with E-state index in [4.69, 9.17) is 6.42 Å². The summed E-state index contributed by atoms with van der Waals surface area (Å²) in [5.41, 5.74) is 2.40. The van der Waals surface area contributed by atoms with E-state index in [0.717, 1.165) is 11.3 Å². The van der Waals surface area contributed by atoms with E-state index in [0.29, 0.717) is 0 Å². The molecule has 13 heavy (non-hydrogen) atoms. The van der Waals surface area contributed by atoms with Gasteiger partial charge in [0.15, 0.2) is 0 Å². The zero-order chi connectivity index (χ0) is 9.73. The van der Waals surface area contributed by atoms with Crippen LogP contribution in [-0.4, -0.2) is 15.0 Å². The zero-order valence-corrected chi connectivity index (χ0v) is 8.28. The molecule has 2 N–H and O–H groups in total. The fraction of sp³-hybridized carbons (Fsp3) is 0.143. The molecule has 0 saturated heterocycles. The van der Waals surface area contributed by atoms with E-state index in [9.17, 15) is 8.42 Å². The number of hydrazine groups is 1. The van der Waals surface area contributed by atoms with E-state index in [1.54, 1.807) is 11.4 Å². The lowest BCUT2D eigenvalue weighted by Gasteiger charge is -2.02. The first-order valence-corrected chi connectivity index (χ1v) is 5.75. The molecule has 0 spiro atoms. The number of thiophene rings is 1. The van der Waals surface area contributed by atoms with Crippen molar-refractivity contribution in [2.45, 2.75) is 4.21 Å². The molecule has 0 bridgehead atoms. The molecule has 4 nitrogen and oxygen atoms in total. The molecule has 1 heterocycles. The molecule has 0 aliphatic carbocycles. The van der Waals surface area contributed by atoms with Gasteiger partial charge in [0.2, 0.25) is 0 Å². The molecule has 0 atom stereocenters. The molecule has 0 unspecified atom stereocenters. The Bertz CT molecular complexity index is 389. The van der Waals surface area contributed by atoms with Crippen LogP contribution in [0.3, 0.4) is 0 Å². The summed E-state index contributed by atoms with van der Waals surface area (Å²) in [6.07, 6.45) is 4.93. The van der Waals surface area contributed by atoms with Gasteiger partial charge < -0.3 is 0 Å². The van der Waals surface area contributed by atoms with Gasteiger partial charge in [-0.05, 0) is 11.4 Å². The number of terminal acetylenes is 1. The lowest BCUT2D eigenvalue weighted by atomic mass is 10.7. The Morgan fingerprint density at radius 1 is 1.62 bits per heavy atom. The number of rotatable bonds is 4. The molecule has 0 radical (unpaired) electrons. The quantitative estimate of drug-likeness (QED) is 0.428. The summed E-state index contributed by atoms with van der Waals surface area (Å²) in [4.78, 5) is 2.15. The SMILES string of the molecule is C#CCNNS(=O)(=O)c1cccs1. The standard InChI is InChI=1S/C7H8N2O2S2/c1-2-5-8-9-13(10,11)7-4-3-6-12-7/h1,3-4,6,8-9H,5H2. The van der Waals surface area contributed by atoms with E-state index < -0.39 is 10.0 Å². The minimum atomic E-state index is -3.43. The van der Waals surface area contributed by atoms with Crippen LogP contribution in [0.15, 0.2) is 21.7 Å². The maximum atomic E-state index is 11.3. The summed E-state index contributed by atoms with van der Waals surface area (Å²) >= 11 is 1.15. The number of nitrogens with one attached hydrogen (secondary N) is 2. The first-order chi connectivity index (χ1) is 6.17. The van der Waals surface area contributed by atoms with Gasteiger partial charge in [-0.15, -0.1) is 22.6 Å². The lowest BCUT2D eigenvalue weighted by molar-refractivity contribution is 0.568. The predicted octanol–water partition coefficient (Wildman–Crippen LogP) is 0.164. The van der Waals surface area contributed by atoms with Crippen LogP contribution >= 0.6 is 11.3 Å². The molecule has 0 aliphatic heterocycles. The highest BCUT2D eigenvalue weighted by Gasteiger charge is 2.13. The third-order valence-electron chi connectivity index (χ3n) is 1.16. The van der Waals surface area contributed by atoms with Crippen LogP contribution in [0.2, 0.25) is 0 Å². The predicted molar refractivity (Wildman–Crippen MR) is 51.5 cm³/mol. The molecule has 0 amide bonds. The minimum Gasteiger partial charge on any atom is -0.232 e. The highest BCUT2D eigenvalue weighted by Crippen LogP contribution is 2.14. The molecule has 1 aromatic rings. The Balaban J connectivity index is 2.64. The molecule has 0 aliphatic rings. The van der Waals surface area contributed by atoms with Gasteiger partial charge in [-0.2, -0.15) is 0 Å². The van der Waals surface area contributed by atoms with Gasteiger partial charge in [-0.1, -0.05) is 12.0 Å². The summed E-state index contributed by atoms with van der Waals surface area (Å²) in [7, 11) is -3.43. The second-order valence-electron chi connectivity index (χ2n) is 2.10. The van der Waals surface area contributed by atoms with Gasteiger partial charge in [0, 0.05) is 0 Å². The largest absolute Gasteiger partial charge is 0.262 e. The van der Waals surface area contributed by atoms with Crippen molar-refractivity contribution >= 4 is 21.4 Å². The van der Waals surface area contributed by atoms with Gasteiger partial charge in [-0.3, -0.25) is 0 Å². The smallest absolute Gasteiger partial charge is 0.232 e. The Hall–Kier alpha value is -0.870. The van der Waals surface area contributed by atoms with Gasteiger partial charge >= 0.3 is 0 Å². The number of hydrogen-bond donors (Lipinski definition) is 2. The van der Waals surface area contributed by atoms with Gasteiger partial charge in [0.05, 0.1) is 6.54 Å². The maximum absolute atomic E-state index is 11.3. The second kappa shape index (κ2) is 4.39. The van der Waals surface area contributed by atoms with Crippen molar-refractivity contribution in [1.82, 2.24) is 10.3 Å². The van der Waals surface area contributed by atoms with Crippen molar-refractivity contribution in [2.75, 3.05) is 6.54 Å². The molecule has 1 aromatic heterocycles. The first kappa shape index (κ1) is 10.2. The van der Waals surface area contributed by atoms with Crippen molar-refractivity contribution in [2.24, 2.45) is 0 Å². The molecule has 0 aromatic carbocycles. The summed E-state index contributed by atoms with van der Waals surface area (Å²) < 4.78 is 22.9. The second-order valence-corrected chi connectivity index (χ2v) is 4.95. The van der Waals surface area contributed by atoms with Crippen LogP contribution < -0.4 is 10.3 Å². The number of hydrogen-bond acceptors (Lipinski definition) is 4. The zero-order valence-electron chi connectivity index (χ0n) is 6.65. The summed E-state index contributed by atoms with van der Waals surface area (Å²) in [5, 5.41) is 1.69. The van der Waals surface area contributed by atoms with Crippen molar-refractivity contribution in [1.29, 1.82) is 0 Å². The molecule has 0 saturated carbocycles. The van der Waals surface area contributed by atoms with Crippen LogP contribution in [0.25, 0.3) is 0 Å². The van der Waals surface area contributed by atoms with Gasteiger partial charge in [-0.25, -0.2) is 13.8 Å². The monoisotopic (exact) mass is 216 g/mol. The lowest BCUT2D eigenvalue weighted by Crippen LogP contribution is -2.37. The summed E-state index contributed by atoms with van der Waals surface area (Å²) in [6, 6.07) is 3.19. The van der Waals surface area contributed by atoms with Crippen LogP contribution in [-0.2, 0) is 10.0 Å². The van der Waals surface area contributed by atoms with Gasteiger partial charge in [0.25, 0.3) is 10.0 Å². The average Bonchev–Trinajstić information content (AvgIpc) is 2.56. The van der Waals surface area contributed by atoms with Crippen molar-refractivity contribution in [3.63, 3.8) is 0 Å². The van der Waals surface area contributed by atoms with E-state index in [2.05, 4.69) is 16.2 Å². The highest BCUT2D eigenvalue weighted by molar-refractivity contribution is 7.91. The van der Waals surface area contributed by atoms with E-state index in [1.165, 1.54) is 6.07 Å². The molecular weight excluding hydrogens is 208 g/mol. The maximum Gasteiger partial charge on any atom is 0.262 e. The fourth-order valence-electron chi connectivity index (χ4n) is 0.649.